The fourth-order valence-electron chi connectivity index (χ4n) is 1.90. The molecule has 19 heavy (non-hydrogen) atoms. The van der Waals surface area contributed by atoms with Crippen LogP contribution in [0.15, 0.2) is 28.8 Å². The van der Waals surface area contributed by atoms with E-state index in [-0.39, 0.29) is 30.9 Å². The van der Waals surface area contributed by atoms with Crippen molar-refractivity contribution >= 4 is 16.9 Å². The summed E-state index contributed by atoms with van der Waals surface area (Å²) in [5.41, 5.74) is 1.29. The lowest BCUT2D eigenvalue weighted by atomic mass is 10.1. The summed E-state index contributed by atoms with van der Waals surface area (Å²) in [6.07, 6.45) is 0.153. The lowest BCUT2D eigenvalue weighted by Crippen LogP contribution is -2.41. The first-order chi connectivity index (χ1) is 9.11. The number of nitrogens with one attached hydrogen (secondary N) is 1. The first kappa shape index (κ1) is 13.5. The van der Waals surface area contributed by atoms with Gasteiger partial charge in [0.1, 0.15) is 5.69 Å². The van der Waals surface area contributed by atoms with Gasteiger partial charge in [0.15, 0.2) is 5.58 Å². The molecule has 0 saturated heterocycles. The van der Waals surface area contributed by atoms with Crippen molar-refractivity contribution in [3.05, 3.63) is 30.0 Å². The molecule has 0 unspecified atom stereocenters. The van der Waals surface area contributed by atoms with Crippen LogP contribution in [0.3, 0.4) is 0 Å². The number of benzene rings is 1. The van der Waals surface area contributed by atoms with Crippen LogP contribution in [0.25, 0.3) is 11.0 Å². The summed E-state index contributed by atoms with van der Waals surface area (Å²) in [4.78, 5) is 11.9. The van der Waals surface area contributed by atoms with E-state index < -0.39 is 0 Å². The molecule has 5 heteroatoms. The highest BCUT2D eigenvalue weighted by atomic mass is 16.5. The molecule has 1 aromatic heterocycles. The van der Waals surface area contributed by atoms with E-state index in [9.17, 15) is 9.90 Å². The van der Waals surface area contributed by atoms with E-state index in [2.05, 4.69) is 10.5 Å². The van der Waals surface area contributed by atoms with Gasteiger partial charge in [-0.1, -0.05) is 31.1 Å². The third-order valence-electron chi connectivity index (χ3n) is 3.13. The fourth-order valence-corrected chi connectivity index (χ4v) is 1.90. The van der Waals surface area contributed by atoms with Crippen LogP contribution in [0.2, 0.25) is 0 Å². The summed E-state index contributed by atoms with van der Waals surface area (Å²) < 4.78 is 5.15. The molecule has 102 valence electrons. The minimum atomic E-state index is -0.231. The van der Waals surface area contributed by atoms with Crippen molar-refractivity contribution in [3.8, 4) is 0 Å². The van der Waals surface area contributed by atoms with Gasteiger partial charge >= 0.3 is 0 Å². The van der Waals surface area contributed by atoms with E-state index in [1.165, 1.54) is 0 Å². The predicted octanol–water partition coefficient (Wildman–Crippen LogP) is 1.50. The molecule has 1 aromatic carbocycles. The second-order valence-electron chi connectivity index (χ2n) is 4.90. The molecule has 2 N–H and O–H groups in total. The molecule has 0 fully saturated rings. The Hall–Kier alpha value is -1.88. The van der Waals surface area contributed by atoms with Crippen LogP contribution in [-0.4, -0.2) is 28.8 Å². The van der Waals surface area contributed by atoms with Crippen LogP contribution < -0.4 is 5.32 Å². The number of nitrogens with zero attached hydrogens (tertiary/aromatic N) is 1. The zero-order chi connectivity index (χ0) is 13.8. The number of aromatic nitrogens is 1. The molecular formula is C14H18N2O3. The van der Waals surface area contributed by atoms with Crippen LogP contribution in [0.5, 0.6) is 0 Å². The topological polar surface area (TPSA) is 75.4 Å². The first-order valence-electron chi connectivity index (χ1n) is 6.35. The SMILES string of the molecule is CC(C)[C@@H](CO)NC(=O)Cc1noc2ccccc12. The van der Waals surface area contributed by atoms with Crippen LogP contribution in [0, 0.1) is 5.92 Å². The normalized spacial score (nSPS) is 12.8. The summed E-state index contributed by atoms with van der Waals surface area (Å²) in [5, 5.41) is 16.8. The predicted molar refractivity (Wildman–Crippen MR) is 71.6 cm³/mol. The maximum atomic E-state index is 11.9. The third kappa shape index (κ3) is 3.12. The molecular weight excluding hydrogens is 244 g/mol. The number of aliphatic hydroxyl groups is 1. The highest BCUT2D eigenvalue weighted by molar-refractivity contribution is 5.86. The van der Waals surface area contributed by atoms with Crippen molar-refractivity contribution in [2.24, 2.45) is 5.92 Å². The lowest BCUT2D eigenvalue weighted by Gasteiger charge is -2.19. The Morgan fingerprint density at radius 2 is 2.16 bits per heavy atom. The maximum Gasteiger partial charge on any atom is 0.226 e. The average Bonchev–Trinajstić information content (AvgIpc) is 2.79. The van der Waals surface area contributed by atoms with Crippen molar-refractivity contribution < 1.29 is 14.4 Å². The molecule has 0 spiro atoms. The van der Waals surface area contributed by atoms with Crippen LogP contribution in [-0.2, 0) is 11.2 Å². The molecule has 0 radical (unpaired) electrons. The van der Waals surface area contributed by atoms with Gasteiger partial charge in [-0.2, -0.15) is 0 Å². The fraction of sp³-hybridized carbons (Fsp3) is 0.429. The van der Waals surface area contributed by atoms with Crippen molar-refractivity contribution in [2.45, 2.75) is 26.3 Å². The molecule has 5 nitrogen and oxygen atoms in total. The van der Waals surface area contributed by atoms with Gasteiger partial charge in [0.25, 0.3) is 0 Å². The number of para-hydroxylation sites is 1. The number of fused-ring (bicyclic) bond motifs is 1. The Morgan fingerprint density at radius 3 is 2.84 bits per heavy atom. The minimum Gasteiger partial charge on any atom is -0.394 e. The average molecular weight is 262 g/mol. The van der Waals surface area contributed by atoms with E-state index >= 15 is 0 Å². The van der Waals surface area contributed by atoms with E-state index in [0.717, 1.165) is 5.39 Å². The zero-order valence-corrected chi connectivity index (χ0v) is 11.1. The van der Waals surface area contributed by atoms with Crippen molar-refractivity contribution in [2.75, 3.05) is 6.61 Å². The summed E-state index contributed by atoms with van der Waals surface area (Å²) >= 11 is 0. The summed E-state index contributed by atoms with van der Waals surface area (Å²) in [5.74, 6) is 0.0230. The molecule has 0 bridgehead atoms. The molecule has 0 aliphatic rings. The van der Waals surface area contributed by atoms with Gasteiger partial charge in [0, 0.05) is 5.39 Å². The standard InChI is InChI=1S/C14H18N2O3/c1-9(2)12(8-17)15-14(18)7-11-10-5-3-4-6-13(10)19-16-11/h3-6,9,12,17H,7-8H2,1-2H3,(H,15,18)/t12-/m1/s1. The molecule has 1 heterocycles. The molecule has 0 saturated carbocycles. The Morgan fingerprint density at radius 1 is 1.42 bits per heavy atom. The highest BCUT2D eigenvalue weighted by Gasteiger charge is 2.17. The second-order valence-corrected chi connectivity index (χ2v) is 4.90. The van der Waals surface area contributed by atoms with Crippen LogP contribution in [0.4, 0.5) is 0 Å². The van der Waals surface area contributed by atoms with E-state index in [1.807, 2.05) is 38.1 Å². The minimum absolute atomic E-state index is 0.0665. The van der Waals surface area contributed by atoms with Crippen molar-refractivity contribution in [1.82, 2.24) is 10.5 Å². The monoisotopic (exact) mass is 262 g/mol. The van der Waals surface area contributed by atoms with E-state index in [1.54, 1.807) is 0 Å². The Kier molecular flexibility index (Phi) is 4.16. The number of carbonyl (C=O) groups excluding carboxylic acids is 1. The van der Waals surface area contributed by atoms with Gasteiger partial charge in [-0.3, -0.25) is 4.79 Å². The number of aliphatic hydroxyl groups excluding tert-OH is 1. The number of rotatable bonds is 5. The number of carbonyl (C=O) groups is 1. The molecule has 0 aliphatic heterocycles. The summed E-state index contributed by atoms with van der Waals surface area (Å²) in [6.45, 7) is 3.84. The Labute approximate surface area is 111 Å². The van der Waals surface area contributed by atoms with Crippen LogP contribution >= 0.6 is 0 Å². The number of hydrogen-bond acceptors (Lipinski definition) is 4. The summed E-state index contributed by atoms with van der Waals surface area (Å²) in [6, 6.07) is 7.20. The van der Waals surface area contributed by atoms with E-state index in [0.29, 0.717) is 11.3 Å². The number of hydrogen-bond donors (Lipinski definition) is 2. The maximum absolute atomic E-state index is 11.9. The summed E-state index contributed by atoms with van der Waals surface area (Å²) in [7, 11) is 0. The van der Waals surface area contributed by atoms with Gasteiger partial charge < -0.3 is 14.9 Å². The molecule has 1 atom stereocenters. The quantitative estimate of drug-likeness (QED) is 0.856. The Balaban J connectivity index is 2.06. The van der Waals surface area contributed by atoms with Gasteiger partial charge in [-0.05, 0) is 18.1 Å². The van der Waals surface area contributed by atoms with Gasteiger partial charge in [-0.25, -0.2) is 0 Å². The second kappa shape index (κ2) is 5.84. The molecule has 0 aliphatic carbocycles. The smallest absolute Gasteiger partial charge is 0.226 e. The third-order valence-corrected chi connectivity index (χ3v) is 3.13. The number of amides is 1. The highest BCUT2D eigenvalue weighted by Crippen LogP contribution is 2.18. The van der Waals surface area contributed by atoms with Gasteiger partial charge in [0.05, 0.1) is 19.1 Å². The van der Waals surface area contributed by atoms with Crippen molar-refractivity contribution in [3.63, 3.8) is 0 Å². The lowest BCUT2D eigenvalue weighted by molar-refractivity contribution is -0.121. The molecule has 1 amide bonds. The van der Waals surface area contributed by atoms with Gasteiger partial charge in [-0.15, -0.1) is 0 Å². The molecule has 2 aromatic rings. The Bertz CT molecular complexity index is 563. The van der Waals surface area contributed by atoms with Crippen LogP contribution in [0.1, 0.15) is 19.5 Å². The zero-order valence-electron chi connectivity index (χ0n) is 11.1. The van der Waals surface area contributed by atoms with Gasteiger partial charge in [0.2, 0.25) is 5.91 Å². The molecule has 2 rings (SSSR count). The van der Waals surface area contributed by atoms with Crippen molar-refractivity contribution in [1.29, 1.82) is 0 Å². The van der Waals surface area contributed by atoms with E-state index in [4.69, 9.17) is 4.52 Å². The largest absolute Gasteiger partial charge is 0.394 e. The first-order valence-corrected chi connectivity index (χ1v) is 6.35.